The largest absolute Gasteiger partial charge is 0.322 e. The van der Waals surface area contributed by atoms with Gasteiger partial charge in [0.1, 0.15) is 5.15 Å². The second-order valence-electron chi connectivity index (χ2n) is 5.94. The van der Waals surface area contributed by atoms with Gasteiger partial charge in [0.15, 0.2) is 0 Å². The predicted molar refractivity (Wildman–Crippen MR) is 99.1 cm³/mol. The SMILES string of the molecule is Cc1nn(C)c(C)c1Cc1ccc(NC(=O)c2cccnc2Cl)cc1. The van der Waals surface area contributed by atoms with Gasteiger partial charge in [0.2, 0.25) is 0 Å². The van der Waals surface area contributed by atoms with Crippen LogP contribution >= 0.6 is 11.6 Å². The molecular weight excluding hydrogens is 336 g/mol. The molecule has 1 N–H and O–H groups in total. The lowest BCUT2D eigenvalue weighted by atomic mass is 10.0. The summed E-state index contributed by atoms with van der Waals surface area (Å²) in [4.78, 5) is 16.2. The van der Waals surface area contributed by atoms with Crippen LogP contribution in [0.3, 0.4) is 0 Å². The fourth-order valence-electron chi connectivity index (χ4n) is 2.74. The fraction of sp³-hybridized carbons (Fsp3) is 0.211. The molecule has 1 amide bonds. The van der Waals surface area contributed by atoms with Crippen molar-refractivity contribution in [1.29, 1.82) is 0 Å². The number of halogens is 1. The number of aromatic nitrogens is 3. The number of nitrogens with zero attached hydrogens (tertiary/aromatic N) is 3. The number of hydrogen-bond acceptors (Lipinski definition) is 3. The molecule has 0 saturated carbocycles. The van der Waals surface area contributed by atoms with Crippen LogP contribution in [0.1, 0.15) is 32.9 Å². The number of aryl methyl sites for hydroxylation is 2. The molecule has 128 valence electrons. The van der Waals surface area contributed by atoms with E-state index in [2.05, 4.69) is 22.3 Å². The molecule has 0 aliphatic rings. The van der Waals surface area contributed by atoms with Crippen LogP contribution in [0.25, 0.3) is 0 Å². The Kier molecular flexibility index (Phi) is 4.86. The number of amides is 1. The molecule has 5 nitrogen and oxygen atoms in total. The topological polar surface area (TPSA) is 59.8 Å². The monoisotopic (exact) mass is 354 g/mol. The number of pyridine rings is 1. The number of carbonyl (C=O) groups is 1. The summed E-state index contributed by atoms with van der Waals surface area (Å²) in [6.07, 6.45) is 2.37. The molecule has 0 aliphatic heterocycles. The molecule has 2 heterocycles. The molecule has 2 aromatic heterocycles. The van der Waals surface area contributed by atoms with Crippen molar-refractivity contribution in [3.05, 3.63) is 75.8 Å². The third-order valence-corrected chi connectivity index (χ3v) is 4.56. The van der Waals surface area contributed by atoms with Gasteiger partial charge in [0.05, 0.1) is 11.3 Å². The van der Waals surface area contributed by atoms with Gasteiger partial charge in [-0.1, -0.05) is 23.7 Å². The molecule has 1 aromatic carbocycles. The highest BCUT2D eigenvalue weighted by Crippen LogP contribution is 2.20. The van der Waals surface area contributed by atoms with Gasteiger partial charge in [-0.25, -0.2) is 4.98 Å². The lowest BCUT2D eigenvalue weighted by Crippen LogP contribution is -2.12. The smallest absolute Gasteiger partial charge is 0.258 e. The highest BCUT2D eigenvalue weighted by Gasteiger charge is 2.12. The van der Waals surface area contributed by atoms with Crippen molar-refractivity contribution in [1.82, 2.24) is 14.8 Å². The van der Waals surface area contributed by atoms with Gasteiger partial charge in [0, 0.05) is 36.6 Å². The summed E-state index contributed by atoms with van der Waals surface area (Å²) in [5.74, 6) is -0.273. The van der Waals surface area contributed by atoms with Crippen LogP contribution in [0.5, 0.6) is 0 Å². The lowest BCUT2D eigenvalue weighted by Gasteiger charge is -2.08. The van der Waals surface area contributed by atoms with Gasteiger partial charge in [-0.15, -0.1) is 0 Å². The van der Waals surface area contributed by atoms with Gasteiger partial charge in [-0.3, -0.25) is 9.48 Å². The minimum Gasteiger partial charge on any atom is -0.322 e. The van der Waals surface area contributed by atoms with Crippen molar-refractivity contribution < 1.29 is 4.79 Å². The van der Waals surface area contributed by atoms with Crippen LogP contribution in [0.2, 0.25) is 5.15 Å². The Morgan fingerprint density at radius 1 is 1.20 bits per heavy atom. The van der Waals surface area contributed by atoms with Crippen molar-refractivity contribution in [3.63, 3.8) is 0 Å². The van der Waals surface area contributed by atoms with E-state index in [0.717, 1.165) is 17.7 Å². The summed E-state index contributed by atoms with van der Waals surface area (Å²) in [5, 5.41) is 7.48. The summed E-state index contributed by atoms with van der Waals surface area (Å²) >= 11 is 5.95. The van der Waals surface area contributed by atoms with E-state index >= 15 is 0 Å². The highest BCUT2D eigenvalue weighted by molar-refractivity contribution is 6.33. The first-order valence-corrected chi connectivity index (χ1v) is 8.33. The minimum atomic E-state index is -0.273. The molecule has 0 fully saturated rings. The number of carbonyl (C=O) groups excluding carboxylic acids is 1. The Bertz CT molecular complexity index is 916. The molecule has 6 heteroatoms. The van der Waals surface area contributed by atoms with Gasteiger partial charge in [-0.05, 0) is 43.7 Å². The number of benzene rings is 1. The van der Waals surface area contributed by atoms with E-state index in [1.165, 1.54) is 11.3 Å². The van der Waals surface area contributed by atoms with Crippen LogP contribution in [0, 0.1) is 13.8 Å². The van der Waals surface area contributed by atoms with E-state index in [4.69, 9.17) is 11.6 Å². The first-order valence-electron chi connectivity index (χ1n) is 7.95. The Hall–Kier alpha value is -2.66. The zero-order chi connectivity index (χ0) is 18.0. The van der Waals surface area contributed by atoms with Gasteiger partial charge >= 0.3 is 0 Å². The summed E-state index contributed by atoms with van der Waals surface area (Å²) in [7, 11) is 1.95. The molecule has 25 heavy (non-hydrogen) atoms. The van der Waals surface area contributed by atoms with Crippen molar-refractivity contribution >= 4 is 23.2 Å². The van der Waals surface area contributed by atoms with Gasteiger partial charge < -0.3 is 5.32 Å². The Morgan fingerprint density at radius 2 is 1.92 bits per heavy atom. The van der Waals surface area contributed by atoms with Crippen LogP contribution in [0.4, 0.5) is 5.69 Å². The van der Waals surface area contributed by atoms with Gasteiger partial charge in [-0.2, -0.15) is 5.10 Å². The molecule has 0 radical (unpaired) electrons. The molecular formula is C19H19ClN4O. The second-order valence-corrected chi connectivity index (χ2v) is 6.30. The van der Waals surface area contributed by atoms with Crippen molar-refractivity contribution in [2.75, 3.05) is 5.32 Å². The zero-order valence-electron chi connectivity index (χ0n) is 14.4. The average Bonchev–Trinajstić information content (AvgIpc) is 2.83. The standard InChI is InChI=1S/C19H19ClN4O/c1-12-17(13(2)24(3)23-12)11-14-6-8-15(9-7-14)22-19(25)16-5-4-10-21-18(16)20/h4-10H,11H2,1-3H3,(H,22,25). The maximum absolute atomic E-state index is 12.3. The number of anilines is 1. The molecule has 0 saturated heterocycles. The third kappa shape index (κ3) is 3.72. The molecule has 0 unspecified atom stereocenters. The second kappa shape index (κ2) is 7.07. The van der Waals surface area contributed by atoms with E-state index in [-0.39, 0.29) is 11.1 Å². The van der Waals surface area contributed by atoms with E-state index in [0.29, 0.717) is 11.3 Å². The molecule has 0 aliphatic carbocycles. The fourth-order valence-corrected chi connectivity index (χ4v) is 2.94. The minimum absolute atomic E-state index is 0.194. The molecule has 0 bridgehead atoms. The number of hydrogen-bond donors (Lipinski definition) is 1. The van der Waals surface area contributed by atoms with Crippen molar-refractivity contribution in [3.8, 4) is 0 Å². The first kappa shape index (κ1) is 17.2. The normalized spacial score (nSPS) is 10.7. The molecule has 3 aromatic rings. The summed E-state index contributed by atoms with van der Waals surface area (Å²) in [6, 6.07) is 11.1. The van der Waals surface area contributed by atoms with Crippen molar-refractivity contribution in [2.45, 2.75) is 20.3 Å². The van der Waals surface area contributed by atoms with Crippen LogP contribution < -0.4 is 5.32 Å². The first-order chi connectivity index (χ1) is 12.0. The Labute approximate surface area is 151 Å². The maximum atomic E-state index is 12.3. The molecule has 0 spiro atoms. The Morgan fingerprint density at radius 3 is 2.52 bits per heavy atom. The molecule has 3 rings (SSSR count). The quantitative estimate of drug-likeness (QED) is 0.722. The van der Waals surface area contributed by atoms with E-state index in [9.17, 15) is 4.79 Å². The van der Waals surface area contributed by atoms with E-state index < -0.39 is 0 Å². The zero-order valence-corrected chi connectivity index (χ0v) is 15.1. The summed E-state index contributed by atoms with van der Waals surface area (Å²) < 4.78 is 1.90. The van der Waals surface area contributed by atoms with Crippen molar-refractivity contribution in [2.24, 2.45) is 7.05 Å². The molecule has 0 atom stereocenters. The van der Waals surface area contributed by atoms with Crippen LogP contribution in [0.15, 0.2) is 42.6 Å². The highest BCUT2D eigenvalue weighted by atomic mass is 35.5. The van der Waals surface area contributed by atoms with E-state index in [1.54, 1.807) is 18.3 Å². The summed E-state index contributed by atoms with van der Waals surface area (Å²) in [6.45, 7) is 4.09. The van der Waals surface area contributed by atoms with E-state index in [1.807, 2.05) is 42.9 Å². The number of nitrogens with one attached hydrogen (secondary N) is 1. The predicted octanol–water partition coefficient (Wildman–Crippen LogP) is 3.93. The Balaban J connectivity index is 1.72. The summed E-state index contributed by atoms with van der Waals surface area (Å²) in [5.41, 5.74) is 5.69. The van der Waals surface area contributed by atoms with Crippen LogP contribution in [-0.4, -0.2) is 20.7 Å². The number of rotatable bonds is 4. The third-order valence-electron chi connectivity index (χ3n) is 4.26. The van der Waals surface area contributed by atoms with Crippen LogP contribution in [-0.2, 0) is 13.5 Å². The average molecular weight is 355 g/mol. The van der Waals surface area contributed by atoms with Gasteiger partial charge in [0.25, 0.3) is 5.91 Å². The maximum Gasteiger partial charge on any atom is 0.258 e. The lowest BCUT2D eigenvalue weighted by molar-refractivity contribution is 0.102.